The maximum absolute atomic E-state index is 12.0. The van der Waals surface area contributed by atoms with E-state index in [0.717, 1.165) is 19.5 Å². The van der Waals surface area contributed by atoms with Gasteiger partial charge in [-0.1, -0.05) is 38.7 Å². The minimum atomic E-state index is 0.311. The Labute approximate surface area is 112 Å². The van der Waals surface area contributed by atoms with Gasteiger partial charge in [0.15, 0.2) is 0 Å². The first-order chi connectivity index (χ1) is 8.84. The van der Waals surface area contributed by atoms with E-state index in [-0.39, 0.29) is 0 Å². The number of carbonyl (C=O) groups is 1. The highest BCUT2D eigenvalue weighted by Crippen LogP contribution is 2.05. The van der Waals surface area contributed by atoms with Crippen LogP contribution in [0.3, 0.4) is 0 Å². The molecule has 0 radical (unpaired) electrons. The topological polar surface area (TPSA) is 21.5 Å². The number of amides is 1. The van der Waals surface area contributed by atoms with Crippen molar-refractivity contribution in [3.63, 3.8) is 0 Å². The molecule has 1 fully saturated rings. The summed E-state index contributed by atoms with van der Waals surface area (Å²) in [5.41, 5.74) is 0. The van der Waals surface area contributed by atoms with Crippen LogP contribution in [0.2, 0.25) is 0 Å². The summed E-state index contributed by atoms with van der Waals surface area (Å²) in [7, 11) is 0. The van der Waals surface area contributed by atoms with Gasteiger partial charge in [-0.3, -0.25) is 4.90 Å². The predicted octanol–water partition coefficient (Wildman–Crippen LogP) is 2.89. The van der Waals surface area contributed by atoms with Crippen LogP contribution in [0.15, 0.2) is 12.2 Å². The predicted molar refractivity (Wildman–Crippen MR) is 76.7 cm³/mol. The number of quaternary nitrogens is 1. The van der Waals surface area contributed by atoms with Crippen molar-refractivity contribution < 1.29 is 9.69 Å². The van der Waals surface area contributed by atoms with Crippen LogP contribution in [-0.4, -0.2) is 19.0 Å². The van der Waals surface area contributed by atoms with Crippen molar-refractivity contribution in [1.82, 2.24) is 0 Å². The summed E-state index contributed by atoms with van der Waals surface area (Å²) in [5.74, 6) is 0.311. The fraction of sp³-hybridized carbons (Fsp3) is 0.812. The summed E-state index contributed by atoms with van der Waals surface area (Å²) < 4.78 is 0. The van der Waals surface area contributed by atoms with Crippen LogP contribution in [0.1, 0.15) is 71.1 Å². The summed E-state index contributed by atoms with van der Waals surface area (Å²) >= 11 is 0. The maximum Gasteiger partial charge on any atom is 0.336 e. The number of unbranched alkanes of at least 4 members (excludes halogenated alkanes) is 5. The van der Waals surface area contributed by atoms with Gasteiger partial charge in [0, 0.05) is 6.08 Å². The number of likely N-dealkylation sites (tertiary alicyclic amines) is 1. The van der Waals surface area contributed by atoms with E-state index in [1.807, 2.05) is 6.08 Å². The quantitative estimate of drug-likeness (QED) is 0.546. The third kappa shape index (κ3) is 6.95. The third-order valence-electron chi connectivity index (χ3n) is 3.80. The molecule has 104 valence electrons. The fourth-order valence-electron chi connectivity index (χ4n) is 2.58. The molecule has 18 heavy (non-hydrogen) atoms. The number of rotatable bonds is 7. The number of nitrogens with one attached hydrogen (secondary N) is 1. The van der Waals surface area contributed by atoms with E-state index >= 15 is 0 Å². The van der Waals surface area contributed by atoms with Crippen LogP contribution >= 0.6 is 0 Å². The molecular weight excluding hydrogens is 222 g/mol. The molecule has 1 heterocycles. The highest BCUT2D eigenvalue weighted by Gasteiger charge is 2.17. The lowest BCUT2D eigenvalue weighted by molar-refractivity contribution is -0.816. The van der Waals surface area contributed by atoms with E-state index in [4.69, 9.17) is 0 Å². The Morgan fingerprint density at radius 1 is 1.00 bits per heavy atom. The van der Waals surface area contributed by atoms with E-state index < -0.39 is 0 Å². The summed E-state index contributed by atoms with van der Waals surface area (Å²) in [6.07, 6.45) is 16.6. The van der Waals surface area contributed by atoms with Gasteiger partial charge in [0.2, 0.25) is 0 Å². The van der Waals surface area contributed by atoms with Crippen LogP contribution in [0.4, 0.5) is 0 Å². The molecule has 1 rings (SSSR count). The monoisotopic (exact) mass is 252 g/mol. The van der Waals surface area contributed by atoms with Gasteiger partial charge < -0.3 is 0 Å². The SMILES string of the molecule is CCCCCCCC=CC(=O)[NH+]1CCCCCC1. The zero-order valence-corrected chi connectivity index (χ0v) is 12.0. The van der Waals surface area contributed by atoms with Gasteiger partial charge in [0.25, 0.3) is 0 Å². The molecule has 1 aliphatic heterocycles. The Kier molecular flexibility index (Phi) is 8.83. The summed E-state index contributed by atoms with van der Waals surface area (Å²) in [6.45, 7) is 4.32. The maximum atomic E-state index is 12.0. The van der Waals surface area contributed by atoms with Gasteiger partial charge >= 0.3 is 5.91 Å². The third-order valence-corrected chi connectivity index (χ3v) is 3.80. The molecule has 0 atom stereocenters. The molecule has 2 heteroatoms. The van der Waals surface area contributed by atoms with Crippen molar-refractivity contribution in [2.75, 3.05) is 13.1 Å². The van der Waals surface area contributed by atoms with E-state index in [2.05, 4.69) is 13.0 Å². The smallest absolute Gasteiger partial charge is 0.268 e. The average Bonchev–Trinajstić information content (AvgIpc) is 2.66. The summed E-state index contributed by atoms with van der Waals surface area (Å²) in [5, 5.41) is 0. The van der Waals surface area contributed by atoms with Gasteiger partial charge in [-0.15, -0.1) is 0 Å². The van der Waals surface area contributed by atoms with Crippen LogP contribution < -0.4 is 4.90 Å². The Morgan fingerprint density at radius 2 is 1.67 bits per heavy atom. The minimum Gasteiger partial charge on any atom is -0.268 e. The first-order valence-electron chi connectivity index (χ1n) is 7.90. The van der Waals surface area contributed by atoms with Gasteiger partial charge in [0.05, 0.1) is 13.1 Å². The molecule has 0 aromatic rings. The zero-order chi connectivity index (χ0) is 13.1. The second-order valence-corrected chi connectivity index (χ2v) is 5.49. The van der Waals surface area contributed by atoms with Gasteiger partial charge in [0.1, 0.15) is 0 Å². The standard InChI is InChI=1S/C16H29NO/c1-2-3-4-5-6-7-10-13-16(18)17-14-11-8-9-12-15-17/h10,13H,2-9,11-12,14-15H2,1H3/p+1. The molecule has 0 spiro atoms. The summed E-state index contributed by atoms with van der Waals surface area (Å²) in [4.78, 5) is 13.1. The van der Waals surface area contributed by atoms with E-state index in [0.29, 0.717) is 5.91 Å². The Morgan fingerprint density at radius 3 is 2.33 bits per heavy atom. The van der Waals surface area contributed by atoms with Crippen LogP contribution in [0.5, 0.6) is 0 Å². The Hall–Kier alpha value is -0.630. The number of allylic oxidation sites excluding steroid dienone is 1. The van der Waals surface area contributed by atoms with E-state index in [1.165, 1.54) is 62.7 Å². The summed E-state index contributed by atoms with van der Waals surface area (Å²) in [6, 6.07) is 0. The second kappa shape index (κ2) is 10.3. The highest BCUT2D eigenvalue weighted by atomic mass is 16.2. The molecule has 1 N–H and O–H groups in total. The zero-order valence-electron chi connectivity index (χ0n) is 12.0. The van der Waals surface area contributed by atoms with Crippen LogP contribution in [0.25, 0.3) is 0 Å². The van der Waals surface area contributed by atoms with Crippen LogP contribution in [-0.2, 0) is 4.79 Å². The lowest BCUT2D eigenvalue weighted by atomic mass is 10.1. The minimum absolute atomic E-state index is 0.311. The lowest BCUT2D eigenvalue weighted by Crippen LogP contribution is -3.14. The molecule has 0 aromatic heterocycles. The van der Waals surface area contributed by atoms with E-state index in [9.17, 15) is 4.79 Å². The molecular formula is C16H30NO+. The van der Waals surface area contributed by atoms with Crippen molar-refractivity contribution in [2.24, 2.45) is 0 Å². The number of carbonyl (C=O) groups excluding carboxylic acids is 1. The van der Waals surface area contributed by atoms with Gasteiger partial charge in [-0.2, -0.15) is 0 Å². The lowest BCUT2D eigenvalue weighted by Gasteiger charge is -2.11. The van der Waals surface area contributed by atoms with Crippen molar-refractivity contribution in [3.05, 3.63) is 12.2 Å². The van der Waals surface area contributed by atoms with E-state index in [1.54, 1.807) is 0 Å². The Bertz CT molecular complexity index is 239. The molecule has 0 aromatic carbocycles. The largest absolute Gasteiger partial charge is 0.336 e. The number of hydrogen-bond donors (Lipinski definition) is 1. The molecule has 1 amide bonds. The molecule has 0 saturated carbocycles. The molecule has 0 unspecified atom stereocenters. The fourth-order valence-corrected chi connectivity index (χ4v) is 2.58. The van der Waals surface area contributed by atoms with Crippen molar-refractivity contribution in [2.45, 2.75) is 71.1 Å². The normalized spacial score (nSPS) is 18.1. The van der Waals surface area contributed by atoms with Crippen molar-refractivity contribution in [1.29, 1.82) is 0 Å². The first kappa shape index (κ1) is 15.4. The highest BCUT2D eigenvalue weighted by molar-refractivity contribution is 5.79. The van der Waals surface area contributed by atoms with Gasteiger partial charge in [-0.05, 0) is 38.5 Å². The molecule has 2 nitrogen and oxygen atoms in total. The molecule has 0 aliphatic carbocycles. The van der Waals surface area contributed by atoms with Gasteiger partial charge in [-0.25, -0.2) is 4.79 Å². The molecule has 1 aliphatic rings. The number of hydrogen-bond acceptors (Lipinski definition) is 1. The first-order valence-corrected chi connectivity index (χ1v) is 7.90. The van der Waals surface area contributed by atoms with Crippen LogP contribution in [0, 0.1) is 0 Å². The van der Waals surface area contributed by atoms with Crippen molar-refractivity contribution in [3.8, 4) is 0 Å². The average molecular weight is 252 g/mol. The molecule has 1 saturated heterocycles. The second-order valence-electron chi connectivity index (χ2n) is 5.49. The Balaban J connectivity index is 2.10. The molecule has 0 bridgehead atoms. The van der Waals surface area contributed by atoms with Crippen molar-refractivity contribution >= 4 is 5.91 Å².